The lowest BCUT2D eigenvalue weighted by molar-refractivity contribution is -0.112. The summed E-state index contributed by atoms with van der Waals surface area (Å²) in [6, 6.07) is 0. The third-order valence-corrected chi connectivity index (χ3v) is 3.31. The van der Waals surface area contributed by atoms with E-state index in [4.69, 9.17) is 0 Å². The van der Waals surface area contributed by atoms with E-state index in [0.29, 0.717) is 6.42 Å². The molecule has 2 unspecified atom stereocenters. The molecule has 13 heavy (non-hydrogen) atoms. The Bertz CT molecular complexity index is 167. The van der Waals surface area contributed by atoms with Crippen molar-refractivity contribution in [3.63, 3.8) is 0 Å². The first-order valence-electron chi connectivity index (χ1n) is 5.36. The maximum atomic E-state index is 10.4. The van der Waals surface area contributed by atoms with Gasteiger partial charge in [-0.15, -0.1) is 0 Å². The summed E-state index contributed by atoms with van der Waals surface area (Å²) >= 11 is 0. The molecule has 1 rings (SSSR count). The molecule has 1 saturated carbocycles. The summed E-state index contributed by atoms with van der Waals surface area (Å²) in [5.74, 6) is 0.765. The van der Waals surface area contributed by atoms with Gasteiger partial charge >= 0.3 is 0 Å². The van der Waals surface area contributed by atoms with Crippen LogP contribution < -0.4 is 0 Å². The van der Waals surface area contributed by atoms with E-state index in [2.05, 4.69) is 6.92 Å². The highest BCUT2D eigenvalue weighted by molar-refractivity contribution is 5.51. The largest absolute Gasteiger partial charge is 0.389 e. The molecule has 1 aliphatic carbocycles. The molecule has 0 aromatic heterocycles. The van der Waals surface area contributed by atoms with Crippen molar-refractivity contribution in [2.24, 2.45) is 5.92 Å². The van der Waals surface area contributed by atoms with Crippen molar-refractivity contribution >= 4 is 6.29 Å². The molecule has 0 aromatic carbocycles. The lowest BCUT2D eigenvalue weighted by Gasteiger charge is -2.23. The molecule has 1 aliphatic rings. The molecular weight excluding hydrogens is 164 g/mol. The number of aldehydes is 1. The van der Waals surface area contributed by atoms with E-state index in [1.165, 1.54) is 12.8 Å². The highest BCUT2D eigenvalue weighted by atomic mass is 16.3. The Kier molecular flexibility index (Phi) is 3.91. The zero-order chi connectivity index (χ0) is 9.73. The molecular formula is C11H20O2. The first-order valence-corrected chi connectivity index (χ1v) is 5.36. The summed E-state index contributed by atoms with van der Waals surface area (Å²) in [4.78, 5) is 10.4. The van der Waals surface area contributed by atoms with Crippen LogP contribution in [0.15, 0.2) is 0 Å². The summed E-state index contributed by atoms with van der Waals surface area (Å²) in [6.45, 7) is 2.20. The summed E-state index contributed by atoms with van der Waals surface area (Å²) < 4.78 is 0. The van der Waals surface area contributed by atoms with Crippen molar-refractivity contribution in [1.82, 2.24) is 0 Å². The van der Waals surface area contributed by atoms with Crippen molar-refractivity contribution in [2.45, 2.75) is 57.5 Å². The molecule has 0 radical (unpaired) electrons. The van der Waals surface area contributed by atoms with E-state index < -0.39 is 5.60 Å². The Morgan fingerprint density at radius 1 is 1.46 bits per heavy atom. The van der Waals surface area contributed by atoms with Gasteiger partial charge in [0.25, 0.3) is 0 Å². The van der Waals surface area contributed by atoms with Gasteiger partial charge in [0.15, 0.2) is 0 Å². The van der Waals surface area contributed by atoms with Crippen LogP contribution in [0, 0.1) is 5.92 Å². The van der Waals surface area contributed by atoms with Crippen LogP contribution >= 0.6 is 0 Å². The van der Waals surface area contributed by atoms with E-state index in [-0.39, 0.29) is 0 Å². The number of aliphatic hydroxyl groups is 1. The predicted molar refractivity (Wildman–Crippen MR) is 52.5 cm³/mol. The molecule has 0 saturated heterocycles. The highest BCUT2D eigenvalue weighted by Gasteiger charge is 2.29. The lowest BCUT2D eigenvalue weighted by Crippen LogP contribution is -2.28. The Morgan fingerprint density at radius 2 is 2.23 bits per heavy atom. The lowest BCUT2D eigenvalue weighted by atomic mass is 9.90. The number of hydrogen-bond donors (Lipinski definition) is 1. The van der Waals surface area contributed by atoms with Gasteiger partial charge in [-0.1, -0.05) is 26.2 Å². The van der Waals surface area contributed by atoms with Gasteiger partial charge in [-0.2, -0.15) is 0 Å². The molecule has 0 amide bonds. The van der Waals surface area contributed by atoms with Crippen LogP contribution in [0.5, 0.6) is 0 Å². The van der Waals surface area contributed by atoms with Crippen LogP contribution in [0.3, 0.4) is 0 Å². The van der Waals surface area contributed by atoms with E-state index in [0.717, 1.165) is 37.9 Å². The topological polar surface area (TPSA) is 37.3 Å². The number of carbonyl (C=O) groups is 1. The Balaban J connectivity index is 2.47. The fourth-order valence-corrected chi connectivity index (χ4v) is 2.23. The van der Waals surface area contributed by atoms with E-state index in [1.807, 2.05) is 0 Å². The van der Waals surface area contributed by atoms with Crippen LogP contribution in [-0.2, 0) is 4.79 Å². The molecule has 2 atom stereocenters. The zero-order valence-electron chi connectivity index (χ0n) is 8.46. The van der Waals surface area contributed by atoms with Gasteiger partial charge in [0.2, 0.25) is 0 Å². The molecule has 2 nitrogen and oxygen atoms in total. The molecule has 0 heterocycles. The van der Waals surface area contributed by atoms with E-state index >= 15 is 0 Å². The normalized spacial score (nSPS) is 35.4. The average Bonchev–Trinajstić information content (AvgIpc) is 2.28. The number of hydrogen-bond acceptors (Lipinski definition) is 2. The van der Waals surface area contributed by atoms with Gasteiger partial charge in [-0.3, -0.25) is 0 Å². The SMILES string of the molecule is CCC1CCCC(O)(CC=O)CC1. The summed E-state index contributed by atoms with van der Waals surface area (Å²) in [6.07, 6.45) is 7.38. The maximum absolute atomic E-state index is 10.4. The maximum Gasteiger partial charge on any atom is 0.122 e. The first kappa shape index (κ1) is 10.7. The number of rotatable bonds is 3. The first-order chi connectivity index (χ1) is 6.20. The fraction of sp³-hybridized carbons (Fsp3) is 0.909. The van der Waals surface area contributed by atoms with Gasteiger partial charge in [0, 0.05) is 6.42 Å². The Hall–Kier alpha value is -0.370. The second kappa shape index (κ2) is 4.75. The monoisotopic (exact) mass is 184 g/mol. The third kappa shape index (κ3) is 3.11. The molecule has 76 valence electrons. The van der Waals surface area contributed by atoms with Crippen molar-refractivity contribution in [2.75, 3.05) is 0 Å². The van der Waals surface area contributed by atoms with Crippen LogP contribution in [0.25, 0.3) is 0 Å². The standard InChI is InChI=1S/C11H20O2/c1-2-10-4-3-6-11(13,7-5-10)8-9-12/h9-10,13H,2-8H2,1H3. The van der Waals surface area contributed by atoms with Gasteiger partial charge < -0.3 is 9.90 Å². The second-order valence-electron chi connectivity index (χ2n) is 4.30. The van der Waals surface area contributed by atoms with Crippen molar-refractivity contribution in [3.05, 3.63) is 0 Å². The fourth-order valence-electron chi connectivity index (χ4n) is 2.23. The minimum absolute atomic E-state index is 0.323. The van der Waals surface area contributed by atoms with Crippen molar-refractivity contribution in [3.8, 4) is 0 Å². The van der Waals surface area contributed by atoms with Gasteiger partial charge in [0.1, 0.15) is 6.29 Å². The van der Waals surface area contributed by atoms with Crippen molar-refractivity contribution in [1.29, 1.82) is 0 Å². The van der Waals surface area contributed by atoms with Crippen molar-refractivity contribution < 1.29 is 9.90 Å². The van der Waals surface area contributed by atoms with Crippen LogP contribution in [-0.4, -0.2) is 17.0 Å². The minimum atomic E-state index is -0.675. The third-order valence-electron chi connectivity index (χ3n) is 3.31. The van der Waals surface area contributed by atoms with Gasteiger partial charge in [0.05, 0.1) is 5.60 Å². The van der Waals surface area contributed by atoms with Crippen LogP contribution in [0.1, 0.15) is 51.9 Å². The summed E-state index contributed by atoms with van der Waals surface area (Å²) in [7, 11) is 0. The minimum Gasteiger partial charge on any atom is -0.389 e. The highest BCUT2D eigenvalue weighted by Crippen LogP contribution is 2.33. The predicted octanol–water partition coefficient (Wildman–Crippen LogP) is 2.30. The molecule has 1 fully saturated rings. The molecule has 0 aliphatic heterocycles. The van der Waals surface area contributed by atoms with Crippen LogP contribution in [0.2, 0.25) is 0 Å². The van der Waals surface area contributed by atoms with Gasteiger partial charge in [-0.05, 0) is 25.2 Å². The summed E-state index contributed by atoms with van der Waals surface area (Å²) in [5, 5.41) is 10.0. The second-order valence-corrected chi connectivity index (χ2v) is 4.30. The average molecular weight is 184 g/mol. The molecule has 0 bridgehead atoms. The Labute approximate surface area is 80.3 Å². The molecule has 1 N–H and O–H groups in total. The summed E-state index contributed by atoms with van der Waals surface area (Å²) in [5.41, 5.74) is -0.675. The van der Waals surface area contributed by atoms with E-state index in [9.17, 15) is 9.90 Å². The molecule has 0 spiro atoms. The smallest absolute Gasteiger partial charge is 0.122 e. The zero-order valence-corrected chi connectivity index (χ0v) is 8.46. The number of carbonyl (C=O) groups excluding carboxylic acids is 1. The van der Waals surface area contributed by atoms with Gasteiger partial charge in [-0.25, -0.2) is 0 Å². The van der Waals surface area contributed by atoms with Crippen LogP contribution in [0.4, 0.5) is 0 Å². The molecule has 0 aromatic rings. The van der Waals surface area contributed by atoms with E-state index in [1.54, 1.807) is 0 Å². The molecule has 2 heteroatoms. The quantitative estimate of drug-likeness (QED) is 0.540. The Morgan fingerprint density at radius 3 is 2.85 bits per heavy atom.